The molecule has 0 unspecified atom stereocenters. The van der Waals surface area contributed by atoms with Crippen molar-refractivity contribution in [2.24, 2.45) is 0 Å². The summed E-state index contributed by atoms with van der Waals surface area (Å²) in [6, 6.07) is 19.3. The molecule has 1 heterocycles. The standard InChI is InChI=1S/C22H15ClN2O3/c23-15-8-5-14(6-9-15)7-12-21(27)24-16-10-11-17(19(26)13-16)22-25-18-3-1-2-4-20(18)28-22/h1-13,26H,(H,24,27). The molecule has 0 bridgehead atoms. The third-order valence-corrected chi connectivity index (χ3v) is 4.34. The van der Waals surface area contributed by atoms with Gasteiger partial charge in [-0.25, -0.2) is 4.98 Å². The third-order valence-electron chi connectivity index (χ3n) is 4.09. The molecule has 0 aliphatic carbocycles. The van der Waals surface area contributed by atoms with Gasteiger partial charge >= 0.3 is 0 Å². The molecule has 2 N–H and O–H groups in total. The second kappa shape index (κ2) is 7.58. The number of nitrogens with one attached hydrogen (secondary N) is 1. The van der Waals surface area contributed by atoms with Crippen molar-refractivity contribution in [2.45, 2.75) is 0 Å². The first-order valence-electron chi connectivity index (χ1n) is 8.52. The van der Waals surface area contributed by atoms with Crippen molar-refractivity contribution in [3.8, 4) is 17.2 Å². The molecular formula is C22H15ClN2O3. The number of anilines is 1. The molecule has 0 saturated heterocycles. The molecule has 0 radical (unpaired) electrons. The lowest BCUT2D eigenvalue weighted by Gasteiger charge is -2.05. The maximum absolute atomic E-state index is 12.1. The average molecular weight is 391 g/mol. The van der Waals surface area contributed by atoms with E-state index in [4.69, 9.17) is 16.0 Å². The van der Waals surface area contributed by atoms with Gasteiger partial charge in [0.05, 0.1) is 5.56 Å². The summed E-state index contributed by atoms with van der Waals surface area (Å²) in [6.07, 6.45) is 3.09. The van der Waals surface area contributed by atoms with Gasteiger partial charge in [0.25, 0.3) is 0 Å². The van der Waals surface area contributed by atoms with Crippen LogP contribution >= 0.6 is 11.6 Å². The molecule has 0 atom stereocenters. The minimum atomic E-state index is -0.316. The van der Waals surface area contributed by atoms with E-state index in [0.29, 0.717) is 33.3 Å². The largest absolute Gasteiger partial charge is 0.507 e. The maximum Gasteiger partial charge on any atom is 0.248 e. The van der Waals surface area contributed by atoms with E-state index < -0.39 is 0 Å². The molecule has 3 aromatic carbocycles. The third kappa shape index (κ3) is 3.89. The highest BCUT2D eigenvalue weighted by atomic mass is 35.5. The Morgan fingerprint density at radius 1 is 1.07 bits per heavy atom. The van der Waals surface area contributed by atoms with Crippen molar-refractivity contribution < 1.29 is 14.3 Å². The molecule has 5 nitrogen and oxygen atoms in total. The topological polar surface area (TPSA) is 75.4 Å². The van der Waals surface area contributed by atoms with Crippen LogP contribution in [0.4, 0.5) is 5.69 Å². The normalized spacial score (nSPS) is 11.2. The SMILES string of the molecule is O=C(C=Cc1ccc(Cl)cc1)Nc1ccc(-c2nc3ccccc3o2)c(O)c1. The highest BCUT2D eigenvalue weighted by Gasteiger charge is 2.13. The van der Waals surface area contributed by atoms with Crippen LogP contribution in [0.5, 0.6) is 5.75 Å². The molecule has 4 aromatic rings. The van der Waals surface area contributed by atoms with Gasteiger partial charge in [0.15, 0.2) is 5.58 Å². The lowest BCUT2D eigenvalue weighted by molar-refractivity contribution is -0.111. The highest BCUT2D eigenvalue weighted by molar-refractivity contribution is 6.30. The van der Waals surface area contributed by atoms with Crippen LogP contribution in [0.2, 0.25) is 5.02 Å². The fourth-order valence-corrected chi connectivity index (χ4v) is 2.83. The van der Waals surface area contributed by atoms with Gasteiger partial charge in [-0.15, -0.1) is 0 Å². The van der Waals surface area contributed by atoms with Crippen LogP contribution in [0.1, 0.15) is 5.56 Å². The lowest BCUT2D eigenvalue weighted by Crippen LogP contribution is -2.07. The molecule has 0 spiro atoms. The van der Waals surface area contributed by atoms with Crippen molar-refractivity contribution >= 4 is 40.4 Å². The van der Waals surface area contributed by atoms with E-state index in [9.17, 15) is 9.90 Å². The first-order valence-corrected chi connectivity index (χ1v) is 8.90. The van der Waals surface area contributed by atoms with E-state index in [2.05, 4.69) is 10.3 Å². The number of aromatic nitrogens is 1. The summed E-state index contributed by atoms with van der Waals surface area (Å²) in [4.78, 5) is 16.5. The van der Waals surface area contributed by atoms with Gasteiger partial charge in [-0.05, 0) is 48.0 Å². The van der Waals surface area contributed by atoms with E-state index >= 15 is 0 Å². The molecular weight excluding hydrogens is 376 g/mol. The number of fused-ring (bicyclic) bond motifs is 1. The fourth-order valence-electron chi connectivity index (χ4n) is 2.71. The van der Waals surface area contributed by atoms with Gasteiger partial charge in [-0.2, -0.15) is 0 Å². The maximum atomic E-state index is 12.1. The number of carbonyl (C=O) groups is 1. The Bertz CT molecular complexity index is 1150. The molecule has 0 aliphatic rings. The summed E-state index contributed by atoms with van der Waals surface area (Å²) in [5, 5.41) is 13.7. The molecule has 28 heavy (non-hydrogen) atoms. The summed E-state index contributed by atoms with van der Waals surface area (Å²) < 4.78 is 5.67. The first kappa shape index (κ1) is 17.8. The lowest BCUT2D eigenvalue weighted by atomic mass is 10.1. The zero-order chi connectivity index (χ0) is 19.5. The Morgan fingerprint density at radius 3 is 2.61 bits per heavy atom. The van der Waals surface area contributed by atoms with E-state index in [1.54, 1.807) is 30.3 Å². The molecule has 0 aliphatic heterocycles. The fraction of sp³-hybridized carbons (Fsp3) is 0. The van der Waals surface area contributed by atoms with Crippen LogP contribution in [0.25, 0.3) is 28.6 Å². The molecule has 0 saturated carbocycles. The number of nitrogens with zero attached hydrogens (tertiary/aromatic N) is 1. The Labute approximate surface area is 165 Å². The Balaban J connectivity index is 1.49. The van der Waals surface area contributed by atoms with Crippen molar-refractivity contribution in [1.82, 2.24) is 4.98 Å². The number of para-hydroxylation sites is 2. The van der Waals surface area contributed by atoms with Crippen molar-refractivity contribution in [2.75, 3.05) is 5.32 Å². The van der Waals surface area contributed by atoms with Crippen LogP contribution in [0, 0.1) is 0 Å². The predicted octanol–water partition coefficient (Wildman–Crippen LogP) is 5.51. The van der Waals surface area contributed by atoms with Gasteiger partial charge in [-0.1, -0.05) is 35.9 Å². The number of benzene rings is 3. The molecule has 0 fully saturated rings. The number of carbonyl (C=O) groups excluding carboxylic acids is 1. The molecule has 138 valence electrons. The van der Waals surface area contributed by atoms with Crippen molar-refractivity contribution in [1.29, 1.82) is 0 Å². The molecule has 1 aromatic heterocycles. The number of aromatic hydroxyl groups is 1. The zero-order valence-corrected chi connectivity index (χ0v) is 15.4. The van der Waals surface area contributed by atoms with Crippen molar-refractivity contribution in [3.63, 3.8) is 0 Å². The number of hydrogen-bond donors (Lipinski definition) is 2. The molecule has 4 rings (SSSR count). The van der Waals surface area contributed by atoms with Gasteiger partial charge in [0.1, 0.15) is 11.3 Å². The second-order valence-corrected chi connectivity index (χ2v) is 6.53. The average Bonchev–Trinajstić information content (AvgIpc) is 3.11. The number of halogens is 1. The summed E-state index contributed by atoms with van der Waals surface area (Å²) in [5.74, 6) is -0.0331. The van der Waals surface area contributed by atoms with E-state index in [1.807, 2.05) is 36.4 Å². The quantitative estimate of drug-likeness (QED) is 0.451. The van der Waals surface area contributed by atoms with Crippen LogP contribution in [-0.2, 0) is 4.79 Å². The number of phenols is 1. The number of oxazole rings is 1. The smallest absolute Gasteiger partial charge is 0.248 e. The Kier molecular flexibility index (Phi) is 4.83. The minimum Gasteiger partial charge on any atom is -0.507 e. The van der Waals surface area contributed by atoms with Gasteiger partial charge in [-0.3, -0.25) is 4.79 Å². The van der Waals surface area contributed by atoms with E-state index in [-0.39, 0.29) is 11.7 Å². The van der Waals surface area contributed by atoms with Crippen molar-refractivity contribution in [3.05, 3.63) is 83.4 Å². The number of phenolic OH excluding ortho intramolecular Hbond substituents is 1. The summed E-state index contributed by atoms with van der Waals surface area (Å²) in [6.45, 7) is 0. The zero-order valence-electron chi connectivity index (χ0n) is 14.6. The van der Waals surface area contributed by atoms with Gasteiger partial charge in [0.2, 0.25) is 11.8 Å². The minimum absolute atomic E-state index is 0.0361. The first-order chi connectivity index (χ1) is 13.6. The van der Waals surface area contributed by atoms with Crippen LogP contribution in [-0.4, -0.2) is 16.0 Å². The second-order valence-electron chi connectivity index (χ2n) is 6.09. The summed E-state index contributed by atoms with van der Waals surface area (Å²) in [7, 11) is 0. The summed E-state index contributed by atoms with van der Waals surface area (Å²) >= 11 is 5.84. The Hall–Kier alpha value is -3.57. The number of amides is 1. The van der Waals surface area contributed by atoms with Crippen LogP contribution < -0.4 is 5.32 Å². The highest BCUT2D eigenvalue weighted by Crippen LogP contribution is 2.33. The number of hydrogen-bond acceptors (Lipinski definition) is 4. The predicted molar refractivity (Wildman–Crippen MR) is 110 cm³/mol. The van der Waals surface area contributed by atoms with Crippen LogP contribution in [0.3, 0.4) is 0 Å². The molecule has 6 heteroatoms. The van der Waals surface area contributed by atoms with Gasteiger partial charge in [0, 0.05) is 22.9 Å². The van der Waals surface area contributed by atoms with E-state index in [0.717, 1.165) is 5.56 Å². The monoisotopic (exact) mass is 390 g/mol. The van der Waals surface area contributed by atoms with Crippen LogP contribution in [0.15, 0.2) is 77.2 Å². The van der Waals surface area contributed by atoms with Gasteiger partial charge < -0.3 is 14.8 Å². The number of rotatable bonds is 4. The summed E-state index contributed by atoms with van der Waals surface area (Å²) in [5.41, 5.74) is 3.12. The Morgan fingerprint density at radius 2 is 1.86 bits per heavy atom. The molecule has 1 amide bonds. The van der Waals surface area contributed by atoms with E-state index in [1.165, 1.54) is 12.1 Å².